The highest BCUT2D eigenvalue weighted by molar-refractivity contribution is 5.98. The van der Waals surface area contributed by atoms with E-state index in [2.05, 4.69) is 15.2 Å². The Kier molecular flexibility index (Phi) is 6.79. The lowest BCUT2D eigenvalue weighted by Crippen LogP contribution is -2.37. The second-order valence-electron chi connectivity index (χ2n) is 8.97. The smallest absolute Gasteiger partial charge is 0.416 e. The molecule has 2 aromatic carbocycles. The quantitative estimate of drug-likeness (QED) is 0.313. The maximum Gasteiger partial charge on any atom is 0.416 e. The summed E-state index contributed by atoms with van der Waals surface area (Å²) in [7, 11) is 1.60. The number of methoxy groups -OCH3 is 1. The van der Waals surface area contributed by atoms with Gasteiger partial charge in [-0.1, -0.05) is 12.1 Å². The maximum absolute atomic E-state index is 13.8. The summed E-state index contributed by atoms with van der Waals surface area (Å²) < 4.78 is 58.4. The summed E-state index contributed by atoms with van der Waals surface area (Å²) in [6, 6.07) is 13.3. The van der Waals surface area contributed by atoms with Crippen molar-refractivity contribution in [3.8, 4) is 17.0 Å². The Balaban J connectivity index is 1.39. The number of halogens is 4. The molecular formula is C28H22F4N4O2. The van der Waals surface area contributed by atoms with E-state index in [9.17, 15) is 22.4 Å². The van der Waals surface area contributed by atoms with Crippen LogP contribution in [0, 0.1) is 5.82 Å². The highest BCUT2D eigenvalue weighted by atomic mass is 19.4. The molecule has 6 nitrogen and oxygen atoms in total. The van der Waals surface area contributed by atoms with Gasteiger partial charge in [-0.2, -0.15) is 23.4 Å². The Labute approximate surface area is 215 Å². The molecule has 0 saturated heterocycles. The number of carbonyl (C=O) groups is 1. The van der Waals surface area contributed by atoms with Crippen molar-refractivity contribution in [1.82, 2.24) is 20.1 Å². The van der Waals surface area contributed by atoms with Gasteiger partial charge >= 0.3 is 6.18 Å². The molecule has 1 aliphatic heterocycles. The van der Waals surface area contributed by atoms with E-state index in [1.54, 1.807) is 30.3 Å². The van der Waals surface area contributed by atoms with E-state index in [-0.39, 0.29) is 17.9 Å². The van der Waals surface area contributed by atoms with Crippen molar-refractivity contribution < 1.29 is 27.1 Å². The summed E-state index contributed by atoms with van der Waals surface area (Å²) in [6.07, 6.45) is -1.11. The number of alkyl halides is 3. The van der Waals surface area contributed by atoms with Crippen LogP contribution in [0.4, 0.5) is 17.6 Å². The normalized spacial score (nSPS) is 13.4. The number of benzene rings is 2. The molecule has 0 bridgehead atoms. The Morgan fingerprint density at radius 2 is 1.82 bits per heavy atom. The third-order valence-electron chi connectivity index (χ3n) is 6.39. The van der Waals surface area contributed by atoms with Gasteiger partial charge in [0.05, 0.1) is 30.3 Å². The standard InChI is InChI=1S/C28H22F4N4O2/c1-38-23-4-2-17(3-5-23)16-36-9-7-24-25(27(36)37)6-8-33-26(24)19-13-22(35-34-15-19)12-18-10-20(28(30,31)32)14-21(29)11-18/h2-6,8,10-11,13-15H,7,9,12,16H2,1H3. The molecule has 0 spiro atoms. The summed E-state index contributed by atoms with van der Waals surface area (Å²) >= 11 is 0. The topological polar surface area (TPSA) is 68.2 Å². The summed E-state index contributed by atoms with van der Waals surface area (Å²) in [5.41, 5.74) is 2.83. The van der Waals surface area contributed by atoms with Crippen LogP contribution in [0.15, 0.2) is 67.0 Å². The van der Waals surface area contributed by atoms with E-state index >= 15 is 0 Å². The second-order valence-corrected chi connectivity index (χ2v) is 8.97. The molecule has 0 N–H and O–H groups in total. The summed E-state index contributed by atoms with van der Waals surface area (Å²) in [5.74, 6) is -0.355. The summed E-state index contributed by atoms with van der Waals surface area (Å²) in [6.45, 7) is 0.944. The number of carbonyl (C=O) groups excluding carboxylic acids is 1. The number of nitrogens with zero attached hydrogens (tertiary/aromatic N) is 4. The minimum Gasteiger partial charge on any atom is -0.497 e. The molecule has 5 rings (SSSR count). The van der Waals surface area contributed by atoms with Crippen LogP contribution in [0.2, 0.25) is 0 Å². The summed E-state index contributed by atoms with van der Waals surface area (Å²) in [4.78, 5) is 19.5. The van der Waals surface area contributed by atoms with E-state index < -0.39 is 17.6 Å². The van der Waals surface area contributed by atoms with Crippen LogP contribution in [-0.2, 0) is 25.6 Å². The average Bonchev–Trinajstić information content (AvgIpc) is 2.90. The number of pyridine rings is 1. The fourth-order valence-corrected chi connectivity index (χ4v) is 4.57. The van der Waals surface area contributed by atoms with Gasteiger partial charge in [0.2, 0.25) is 0 Å². The number of hydrogen-bond acceptors (Lipinski definition) is 5. The fourth-order valence-electron chi connectivity index (χ4n) is 4.57. The van der Waals surface area contributed by atoms with Crippen LogP contribution < -0.4 is 4.74 Å². The predicted molar refractivity (Wildman–Crippen MR) is 131 cm³/mol. The number of rotatable bonds is 6. The van der Waals surface area contributed by atoms with Gasteiger partial charge < -0.3 is 9.64 Å². The lowest BCUT2D eigenvalue weighted by Gasteiger charge is -2.29. The number of aromatic nitrogens is 3. The largest absolute Gasteiger partial charge is 0.497 e. The zero-order chi connectivity index (χ0) is 26.9. The van der Waals surface area contributed by atoms with E-state index in [0.29, 0.717) is 48.1 Å². The third kappa shape index (κ3) is 5.34. The zero-order valence-corrected chi connectivity index (χ0v) is 20.3. The minimum absolute atomic E-state index is 0.0503. The van der Waals surface area contributed by atoms with E-state index in [1.165, 1.54) is 6.20 Å². The van der Waals surface area contributed by atoms with E-state index in [1.807, 2.05) is 24.3 Å². The minimum atomic E-state index is -4.66. The Morgan fingerprint density at radius 3 is 2.55 bits per heavy atom. The first kappa shape index (κ1) is 25.3. The lowest BCUT2D eigenvalue weighted by atomic mass is 9.94. The predicted octanol–water partition coefficient (Wildman–Crippen LogP) is 5.49. The highest BCUT2D eigenvalue weighted by Gasteiger charge is 2.31. The van der Waals surface area contributed by atoms with Crippen molar-refractivity contribution in [2.45, 2.75) is 25.6 Å². The van der Waals surface area contributed by atoms with Crippen LogP contribution in [0.1, 0.15) is 38.3 Å². The van der Waals surface area contributed by atoms with Gasteiger partial charge in [0.25, 0.3) is 5.91 Å². The molecule has 0 saturated carbocycles. The molecule has 0 aliphatic carbocycles. The number of hydrogen-bond donors (Lipinski definition) is 0. The first-order valence-corrected chi connectivity index (χ1v) is 11.8. The highest BCUT2D eigenvalue weighted by Crippen LogP contribution is 2.32. The van der Waals surface area contributed by atoms with Gasteiger partial charge in [0.1, 0.15) is 11.6 Å². The molecule has 0 radical (unpaired) electrons. The Bertz CT molecular complexity index is 1490. The fraction of sp³-hybridized carbons (Fsp3) is 0.214. The number of ether oxygens (including phenoxy) is 1. The molecule has 38 heavy (non-hydrogen) atoms. The van der Waals surface area contributed by atoms with Gasteiger partial charge in [-0.25, -0.2) is 4.39 Å². The zero-order valence-electron chi connectivity index (χ0n) is 20.3. The molecule has 1 aliphatic rings. The van der Waals surface area contributed by atoms with Crippen LogP contribution in [-0.4, -0.2) is 39.6 Å². The van der Waals surface area contributed by atoms with Gasteiger partial charge in [-0.15, -0.1) is 0 Å². The Morgan fingerprint density at radius 1 is 1.03 bits per heavy atom. The Hall–Kier alpha value is -4.34. The molecule has 194 valence electrons. The number of fused-ring (bicyclic) bond motifs is 1. The van der Waals surface area contributed by atoms with Gasteiger partial charge in [-0.05, 0) is 65.6 Å². The molecule has 4 aromatic rings. The monoisotopic (exact) mass is 522 g/mol. The molecule has 10 heteroatoms. The lowest BCUT2D eigenvalue weighted by molar-refractivity contribution is -0.137. The van der Waals surface area contributed by atoms with Crippen molar-refractivity contribution in [2.75, 3.05) is 13.7 Å². The van der Waals surface area contributed by atoms with Gasteiger partial charge in [0.15, 0.2) is 0 Å². The van der Waals surface area contributed by atoms with Crippen molar-refractivity contribution in [2.24, 2.45) is 0 Å². The van der Waals surface area contributed by atoms with E-state index in [4.69, 9.17) is 4.74 Å². The van der Waals surface area contributed by atoms with Crippen LogP contribution in [0.25, 0.3) is 11.3 Å². The molecule has 2 aromatic heterocycles. The van der Waals surface area contributed by atoms with Crippen molar-refractivity contribution >= 4 is 5.91 Å². The first-order valence-electron chi connectivity index (χ1n) is 11.8. The second kappa shape index (κ2) is 10.2. The molecule has 3 heterocycles. The SMILES string of the molecule is COc1ccc(CN2CCc3c(ccnc3-c3cnnc(Cc4cc(F)cc(C(F)(F)F)c4)c3)C2=O)cc1. The van der Waals surface area contributed by atoms with Crippen LogP contribution in [0.3, 0.4) is 0 Å². The molecule has 0 fully saturated rings. The van der Waals surface area contributed by atoms with E-state index in [0.717, 1.165) is 29.0 Å². The maximum atomic E-state index is 13.8. The molecule has 0 atom stereocenters. The van der Waals surface area contributed by atoms with Crippen LogP contribution in [0.5, 0.6) is 5.75 Å². The first-order chi connectivity index (χ1) is 18.2. The number of amides is 1. The third-order valence-corrected chi connectivity index (χ3v) is 6.39. The average molecular weight is 523 g/mol. The van der Waals surface area contributed by atoms with Gasteiger partial charge in [-0.3, -0.25) is 9.78 Å². The molecule has 0 unspecified atom stereocenters. The molecular weight excluding hydrogens is 500 g/mol. The van der Waals surface area contributed by atoms with Gasteiger partial charge in [0, 0.05) is 36.8 Å². The van der Waals surface area contributed by atoms with Crippen molar-refractivity contribution in [3.05, 3.63) is 106 Å². The van der Waals surface area contributed by atoms with Crippen LogP contribution >= 0.6 is 0 Å². The summed E-state index contributed by atoms with van der Waals surface area (Å²) in [5, 5.41) is 8.01. The molecule has 1 amide bonds. The van der Waals surface area contributed by atoms with Crippen molar-refractivity contribution in [1.29, 1.82) is 0 Å². The van der Waals surface area contributed by atoms with Crippen molar-refractivity contribution in [3.63, 3.8) is 0 Å².